The van der Waals surface area contributed by atoms with Gasteiger partial charge in [-0.15, -0.1) is 0 Å². The quantitative estimate of drug-likeness (QED) is 0.502. The average Bonchev–Trinajstić information content (AvgIpc) is 3.19. The number of piperidine rings is 1. The Morgan fingerprint density at radius 1 is 1.13 bits per heavy atom. The molecule has 0 saturated carbocycles. The molecule has 1 fully saturated rings. The number of aromatic nitrogens is 3. The van der Waals surface area contributed by atoms with Crippen molar-refractivity contribution >= 4 is 33.8 Å². The summed E-state index contributed by atoms with van der Waals surface area (Å²) in [5.41, 5.74) is 1.53. The summed E-state index contributed by atoms with van der Waals surface area (Å²) in [7, 11) is 0. The second kappa shape index (κ2) is 7.79. The van der Waals surface area contributed by atoms with Crippen LogP contribution in [0, 0.1) is 0 Å². The van der Waals surface area contributed by atoms with Crippen LogP contribution in [0.4, 0.5) is 10.1 Å². The number of hydrogen-bond donors (Lipinski definition) is 2. The Morgan fingerprint density at radius 2 is 1.97 bits per heavy atom. The minimum atomic E-state index is -0.866. The molecule has 0 unspecified atom stereocenters. The molecule has 0 aliphatic carbocycles. The number of amides is 2. The number of imidazole rings is 1. The van der Waals surface area contributed by atoms with Crippen molar-refractivity contribution in [3.05, 3.63) is 72.6 Å². The Bertz CT molecular complexity index is 1290. The molecule has 0 spiro atoms. The molecular formula is C23H21FN5O2+. The topological polar surface area (TPSA) is 82.2 Å². The lowest BCUT2D eigenvalue weighted by atomic mass is 10.1. The summed E-state index contributed by atoms with van der Waals surface area (Å²) >= 11 is 0. The van der Waals surface area contributed by atoms with E-state index in [-0.39, 0.29) is 23.3 Å². The third kappa shape index (κ3) is 3.50. The summed E-state index contributed by atoms with van der Waals surface area (Å²) in [5, 5.41) is 4.73. The molecule has 2 N–H and O–H groups in total. The number of anilines is 1. The van der Waals surface area contributed by atoms with Crippen LogP contribution in [0.15, 0.2) is 61.1 Å². The Balaban J connectivity index is 1.50. The second-order valence-corrected chi connectivity index (χ2v) is 7.63. The number of likely N-dealkylation sites (tertiary alicyclic amines) is 1. The number of fused-ring (bicyclic) bond motifs is 2. The van der Waals surface area contributed by atoms with Gasteiger partial charge in [0.15, 0.2) is 5.52 Å². The molecule has 3 aromatic heterocycles. The zero-order valence-electron chi connectivity index (χ0n) is 16.7. The average molecular weight is 418 g/mol. The van der Waals surface area contributed by atoms with Crippen molar-refractivity contribution in [2.75, 3.05) is 18.4 Å². The molecule has 8 heteroatoms. The van der Waals surface area contributed by atoms with Crippen LogP contribution in [-0.2, 0) is 0 Å². The van der Waals surface area contributed by atoms with Crippen molar-refractivity contribution in [2.24, 2.45) is 0 Å². The van der Waals surface area contributed by atoms with Crippen molar-refractivity contribution in [1.29, 1.82) is 0 Å². The Morgan fingerprint density at radius 3 is 2.81 bits per heavy atom. The van der Waals surface area contributed by atoms with E-state index in [1.54, 1.807) is 40.0 Å². The molecule has 31 heavy (non-hydrogen) atoms. The molecule has 1 aliphatic heterocycles. The van der Waals surface area contributed by atoms with Crippen LogP contribution in [0.1, 0.15) is 33.9 Å². The zero-order valence-corrected chi connectivity index (χ0v) is 16.7. The van der Waals surface area contributed by atoms with Gasteiger partial charge in [0.05, 0.1) is 6.20 Å². The number of carbonyl (C=O) groups is 2. The molecule has 156 valence electrons. The summed E-state index contributed by atoms with van der Waals surface area (Å²) in [6, 6.07) is 12.8. The van der Waals surface area contributed by atoms with Gasteiger partial charge in [0.2, 0.25) is 5.69 Å². The molecule has 0 atom stereocenters. The number of carbonyl (C=O) groups excluding carboxylic acids is 2. The van der Waals surface area contributed by atoms with Gasteiger partial charge in [-0.3, -0.25) is 14.6 Å². The summed E-state index contributed by atoms with van der Waals surface area (Å²) in [5.74, 6) is -0.321. The number of rotatable bonds is 3. The largest absolute Gasteiger partial charge is 0.351 e. The van der Waals surface area contributed by atoms with Gasteiger partial charge in [0, 0.05) is 41.9 Å². The van der Waals surface area contributed by atoms with Gasteiger partial charge in [0.1, 0.15) is 6.17 Å². The molecule has 1 aromatic carbocycles. The van der Waals surface area contributed by atoms with Gasteiger partial charge in [-0.05, 0) is 37.1 Å². The van der Waals surface area contributed by atoms with E-state index in [2.05, 4.69) is 15.3 Å². The third-order valence-electron chi connectivity index (χ3n) is 5.67. The molecule has 1 aliphatic rings. The maximum absolute atomic E-state index is 13.5. The predicted molar refractivity (Wildman–Crippen MR) is 114 cm³/mol. The Kier molecular flexibility index (Phi) is 4.82. The zero-order chi connectivity index (χ0) is 21.4. The van der Waals surface area contributed by atoms with Gasteiger partial charge < -0.3 is 10.2 Å². The second-order valence-electron chi connectivity index (χ2n) is 7.63. The number of benzene rings is 1. The fraction of sp³-hybridized carbons (Fsp3) is 0.217. The first kappa shape index (κ1) is 19.2. The molecule has 1 saturated heterocycles. The lowest BCUT2D eigenvalue weighted by Crippen LogP contribution is -2.43. The highest BCUT2D eigenvalue weighted by Gasteiger charge is 2.33. The third-order valence-corrected chi connectivity index (χ3v) is 5.67. The normalized spacial score (nSPS) is 14.8. The molecule has 7 nitrogen and oxygen atoms in total. The maximum Gasteiger partial charge on any atom is 0.351 e. The standard InChI is InChI=1S/C23H20FN5O2/c24-16-8-12-28(13-9-16)23(31)21-27-20(19-6-1-2-11-29(19)21)22(30)26-18-5-3-4-15-14-25-10-7-17(15)18/h1-7,10-11,14,16H,8-9,12-13H2,(H,26,30)/p+1. The predicted octanol–water partition coefficient (Wildman–Crippen LogP) is 3.13. The van der Waals surface area contributed by atoms with Gasteiger partial charge >= 0.3 is 11.7 Å². The van der Waals surface area contributed by atoms with Gasteiger partial charge in [-0.1, -0.05) is 18.2 Å². The molecule has 0 bridgehead atoms. The molecule has 2 amide bonds. The molecular weight excluding hydrogens is 397 g/mol. The number of halogens is 1. The van der Waals surface area contributed by atoms with Crippen LogP contribution < -0.4 is 9.72 Å². The van der Waals surface area contributed by atoms with E-state index >= 15 is 0 Å². The summed E-state index contributed by atoms with van der Waals surface area (Å²) in [4.78, 5) is 35.0. The minimum Gasteiger partial charge on any atom is -0.332 e. The maximum atomic E-state index is 13.5. The highest BCUT2D eigenvalue weighted by Crippen LogP contribution is 2.23. The van der Waals surface area contributed by atoms with Crippen molar-refractivity contribution in [1.82, 2.24) is 14.9 Å². The highest BCUT2D eigenvalue weighted by atomic mass is 19.1. The Labute approximate surface area is 177 Å². The first-order valence-corrected chi connectivity index (χ1v) is 10.2. The minimum absolute atomic E-state index is 0.247. The monoisotopic (exact) mass is 418 g/mol. The summed E-state index contributed by atoms with van der Waals surface area (Å²) in [6.07, 6.45) is 4.95. The van der Waals surface area contributed by atoms with E-state index in [0.29, 0.717) is 37.1 Å². The molecule has 4 aromatic rings. The van der Waals surface area contributed by atoms with E-state index in [0.717, 1.165) is 10.8 Å². The van der Waals surface area contributed by atoms with Gasteiger partial charge in [-0.2, -0.15) is 4.40 Å². The first-order chi connectivity index (χ1) is 15.1. The molecule has 0 radical (unpaired) electrons. The number of nitrogens with one attached hydrogen (secondary N) is 2. The van der Waals surface area contributed by atoms with Crippen molar-refractivity contribution in [2.45, 2.75) is 19.0 Å². The summed E-state index contributed by atoms with van der Waals surface area (Å²) < 4.78 is 15.2. The first-order valence-electron chi connectivity index (χ1n) is 10.2. The lowest BCUT2D eigenvalue weighted by Gasteiger charge is -2.26. The van der Waals surface area contributed by atoms with E-state index in [4.69, 9.17) is 0 Å². The fourth-order valence-electron chi connectivity index (χ4n) is 4.03. The number of pyridine rings is 2. The van der Waals surface area contributed by atoms with Crippen molar-refractivity contribution in [3.8, 4) is 0 Å². The highest BCUT2D eigenvalue weighted by molar-refractivity contribution is 6.11. The van der Waals surface area contributed by atoms with Crippen LogP contribution in [0.5, 0.6) is 0 Å². The summed E-state index contributed by atoms with van der Waals surface area (Å²) in [6.45, 7) is 0.721. The van der Waals surface area contributed by atoms with Crippen molar-refractivity contribution in [3.63, 3.8) is 0 Å². The Hall–Kier alpha value is -3.81. The number of hydrogen-bond acceptors (Lipinski definition) is 3. The van der Waals surface area contributed by atoms with Crippen LogP contribution in [-0.4, -0.2) is 45.9 Å². The number of nitrogens with zero attached hydrogens (tertiary/aromatic N) is 3. The SMILES string of the molecule is O=C(Nc1cccc2cnccc12)c1[nH]c(C(=O)N2CCC(F)CC2)[n+]2ccccc12. The molecule has 5 rings (SSSR count). The van der Waals surface area contributed by atoms with Gasteiger partial charge in [0.25, 0.3) is 5.91 Å². The molecule has 4 heterocycles. The van der Waals surface area contributed by atoms with Crippen LogP contribution in [0.3, 0.4) is 0 Å². The number of H-pyrrole nitrogens is 1. The van der Waals surface area contributed by atoms with Crippen LogP contribution in [0.2, 0.25) is 0 Å². The van der Waals surface area contributed by atoms with E-state index in [9.17, 15) is 14.0 Å². The van der Waals surface area contributed by atoms with E-state index in [1.807, 2.05) is 30.3 Å². The number of alkyl halides is 1. The van der Waals surface area contributed by atoms with E-state index < -0.39 is 6.17 Å². The lowest BCUT2D eigenvalue weighted by molar-refractivity contribution is -0.514. The van der Waals surface area contributed by atoms with Crippen LogP contribution >= 0.6 is 0 Å². The fourth-order valence-corrected chi connectivity index (χ4v) is 4.03. The van der Waals surface area contributed by atoms with E-state index in [1.165, 1.54) is 0 Å². The van der Waals surface area contributed by atoms with Gasteiger partial charge in [-0.25, -0.2) is 9.37 Å². The number of aromatic amines is 1. The van der Waals surface area contributed by atoms with Crippen LogP contribution in [0.25, 0.3) is 16.3 Å². The van der Waals surface area contributed by atoms with Crippen molar-refractivity contribution < 1.29 is 18.4 Å². The smallest absolute Gasteiger partial charge is 0.332 e.